The first-order valence-corrected chi connectivity index (χ1v) is 9.42. The summed E-state index contributed by atoms with van der Waals surface area (Å²) in [6.45, 7) is 4.29. The van der Waals surface area contributed by atoms with Crippen LogP contribution in [-0.4, -0.2) is 6.61 Å². The Kier molecular flexibility index (Phi) is 6.46. The Morgan fingerprint density at radius 3 is 2.07 bits per heavy atom. The van der Waals surface area contributed by atoms with Crippen molar-refractivity contribution in [3.05, 3.63) is 95.3 Å². The Labute approximate surface area is 173 Å². The molecular weight excluding hydrogens is 396 g/mol. The van der Waals surface area contributed by atoms with Gasteiger partial charge in [-0.05, 0) is 47.5 Å². The molecule has 3 rings (SSSR count). The predicted octanol–water partition coefficient (Wildman–Crippen LogP) is 7.13. The van der Waals surface area contributed by atoms with Crippen molar-refractivity contribution in [3.8, 4) is 11.5 Å². The highest BCUT2D eigenvalue weighted by molar-refractivity contribution is 5.35. The second-order valence-corrected chi connectivity index (χ2v) is 7.63. The van der Waals surface area contributed by atoms with Crippen LogP contribution in [0.25, 0.3) is 0 Å². The number of benzene rings is 3. The van der Waals surface area contributed by atoms with Crippen molar-refractivity contribution < 1.29 is 27.0 Å². The fraction of sp³-hybridized carbons (Fsp3) is 0.250. The van der Waals surface area contributed by atoms with Crippen LogP contribution in [0.15, 0.2) is 72.8 Å². The van der Waals surface area contributed by atoms with Crippen LogP contribution in [-0.2, 0) is 22.9 Å². The molecule has 0 bridgehead atoms. The van der Waals surface area contributed by atoms with E-state index in [9.17, 15) is 17.6 Å². The van der Waals surface area contributed by atoms with Crippen LogP contribution < -0.4 is 4.74 Å². The molecule has 0 aromatic heterocycles. The summed E-state index contributed by atoms with van der Waals surface area (Å²) in [7, 11) is 0. The molecule has 0 aliphatic carbocycles. The molecule has 0 saturated carbocycles. The molecule has 0 spiro atoms. The fourth-order valence-corrected chi connectivity index (χ4v) is 2.95. The molecule has 3 aromatic carbocycles. The normalized spacial score (nSPS) is 12.1. The van der Waals surface area contributed by atoms with E-state index in [1.807, 2.05) is 19.9 Å². The van der Waals surface area contributed by atoms with Crippen LogP contribution in [0, 0.1) is 5.82 Å². The summed E-state index contributed by atoms with van der Waals surface area (Å²) in [5.41, 5.74) is 0.293. The van der Waals surface area contributed by atoms with Crippen LogP contribution in [0.4, 0.5) is 17.6 Å². The molecule has 0 unspecified atom stereocenters. The van der Waals surface area contributed by atoms with Crippen molar-refractivity contribution in [2.45, 2.75) is 32.0 Å². The fourth-order valence-electron chi connectivity index (χ4n) is 2.95. The molecule has 3 aromatic rings. The first-order valence-electron chi connectivity index (χ1n) is 9.42. The van der Waals surface area contributed by atoms with Crippen molar-refractivity contribution in [1.29, 1.82) is 0 Å². The highest BCUT2D eigenvalue weighted by Crippen LogP contribution is 2.32. The molecule has 0 aliphatic rings. The molecule has 0 amide bonds. The Bertz CT molecular complexity index is 965. The van der Waals surface area contributed by atoms with Gasteiger partial charge in [-0.2, -0.15) is 13.2 Å². The van der Waals surface area contributed by atoms with E-state index in [1.165, 1.54) is 18.2 Å². The molecule has 0 N–H and O–H groups in total. The number of rotatable bonds is 7. The van der Waals surface area contributed by atoms with Crippen LogP contribution in [0.1, 0.15) is 30.5 Å². The lowest BCUT2D eigenvalue weighted by Gasteiger charge is -2.25. The summed E-state index contributed by atoms with van der Waals surface area (Å²) in [5.74, 6) is 0.148. The Balaban J connectivity index is 1.62. The van der Waals surface area contributed by atoms with Crippen molar-refractivity contribution >= 4 is 0 Å². The number of halogens is 4. The van der Waals surface area contributed by atoms with E-state index < -0.39 is 23.0 Å². The van der Waals surface area contributed by atoms with Gasteiger partial charge in [0.05, 0.1) is 18.8 Å². The molecular formula is C24H22F4O2. The molecule has 0 aliphatic heterocycles. The van der Waals surface area contributed by atoms with E-state index in [1.54, 1.807) is 36.4 Å². The van der Waals surface area contributed by atoms with E-state index in [2.05, 4.69) is 0 Å². The van der Waals surface area contributed by atoms with E-state index in [0.29, 0.717) is 5.75 Å². The average molecular weight is 418 g/mol. The van der Waals surface area contributed by atoms with Crippen molar-refractivity contribution in [2.24, 2.45) is 0 Å². The van der Waals surface area contributed by atoms with Gasteiger partial charge < -0.3 is 9.47 Å². The zero-order chi connectivity index (χ0) is 21.8. The largest absolute Gasteiger partial charge is 0.454 e. The molecule has 30 heavy (non-hydrogen) atoms. The van der Waals surface area contributed by atoms with Gasteiger partial charge in [-0.1, -0.05) is 50.2 Å². The van der Waals surface area contributed by atoms with Crippen molar-refractivity contribution in [2.75, 3.05) is 6.61 Å². The standard InChI is InChI=1S/C24H22F4O2/c1-23(2,18-9-11-19(12-10-18)24(26,27)28)16-29-15-17-8-13-21(25)22(14-17)30-20-6-4-3-5-7-20/h3-14H,15-16H2,1-2H3. The average Bonchev–Trinajstić information content (AvgIpc) is 2.70. The Morgan fingerprint density at radius 2 is 1.43 bits per heavy atom. The van der Waals surface area contributed by atoms with Crippen LogP contribution >= 0.6 is 0 Å². The minimum absolute atomic E-state index is 0.101. The summed E-state index contributed by atoms with van der Waals surface area (Å²) >= 11 is 0. The maximum absolute atomic E-state index is 14.1. The highest BCUT2D eigenvalue weighted by Gasteiger charge is 2.31. The summed E-state index contributed by atoms with van der Waals surface area (Å²) in [5, 5.41) is 0. The van der Waals surface area contributed by atoms with Gasteiger partial charge in [-0.15, -0.1) is 0 Å². The SMILES string of the molecule is CC(C)(COCc1ccc(F)c(Oc2ccccc2)c1)c1ccc(C(F)(F)F)cc1. The van der Waals surface area contributed by atoms with E-state index in [4.69, 9.17) is 9.47 Å². The summed E-state index contributed by atoms with van der Waals surface area (Å²) in [4.78, 5) is 0. The van der Waals surface area contributed by atoms with Crippen LogP contribution in [0.2, 0.25) is 0 Å². The first-order chi connectivity index (χ1) is 14.1. The summed E-state index contributed by atoms with van der Waals surface area (Å²) < 4.78 is 63.7. The molecule has 158 valence electrons. The van der Waals surface area contributed by atoms with Gasteiger partial charge >= 0.3 is 6.18 Å². The molecule has 0 saturated heterocycles. The summed E-state index contributed by atoms with van der Waals surface area (Å²) in [6.07, 6.45) is -4.36. The summed E-state index contributed by atoms with van der Waals surface area (Å²) in [6, 6.07) is 18.5. The zero-order valence-electron chi connectivity index (χ0n) is 16.7. The highest BCUT2D eigenvalue weighted by atomic mass is 19.4. The van der Waals surface area contributed by atoms with Gasteiger partial charge in [0.2, 0.25) is 0 Å². The lowest BCUT2D eigenvalue weighted by molar-refractivity contribution is -0.137. The first kappa shape index (κ1) is 21.8. The molecule has 0 radical (unpaired) electrons. The minimum Gasteiger partial charge on any atom is -0.454 e. The smallest absolute Gasteiger partial charge is 0.416 e. The minimum atomic E-state index is -4.36. The van der Waals surface area contributed by atoms with E-state index >= 15 is 0 Å². The third-order valence-electron chi connectivity index (χ3n) is 4.69. The third-order valence-corrected chi connectivity index (χ3v) is 4.69. The topological polar surface area (TPSA) is 18.5 Å². The molecule has 0 fully saturated rings. The lowest BCUT2D eigenvalue weighted by atomic mass is 9.85. The zero-order valence-corrected chi connectivity index (χ0v) is 16.7. The lowest BCUT2D eigenvalue weighted by Crippen LogP contribution is -2.24. The quantitative estimate of drug-likeness (QED) is 0.380. The van der Waals surface area contributed by atoms with Crippen LogP contribution in [0.5, 0.6) is 11.5 Å². The van der Waals surface area contributed by atoms with Gasteiger partial charge in [-0.25, -0.2) is 4.39 Å². The second-order valence-electron chi connectivity index (χ2n) is 7.63. The number of alkyl halides is 3. The number of hydrogen-bond donors (Lipinski definition) is 0. The van der Waals surface area contributed by atoms with Gasteiger partial charge in [-0.3, -0.25) is 0 Å². The van der Waals surface area contributed by atoms with Crippen molar-refractivity contribution in [3.63, 3.8) is 0 Å². The monoisotopic (exact) mass is 418 g/mol. The third kappa shape index (κ3) is 5.60. The Hall–Kier alpha value is -2.86. The molecule has 0 heterocycles. The molecule has 0 atom stereocenters. The van der Waals surface area contributed by atoms with Gasteiger partial charge in [0, 0.05) is 5.41 Å². The maximum Gasteiger partial charge on any atom is 0.416 e. The van der Waals surface area contributed by atoms with Crippen molar-refractivity contribution in [1.82, 2.24) is 0 Å². The number of para-hydroxylation sites is 1. The van der Waals surface area contributed by atoms with Gasteiger partial charge in [0.15, 0.2) is 11.6 Å². The second kappa shape index (κ2) is 8.88. The Morgan fingerprint density at radius 1 is 0.800 bits per heavy atom. The predicted molar refractivity (Wildman–Crippen MR) is 107 cm³/mol. The van der Waals surface area contributed by atoms with E-state index in [0.717, 1.165) is 23.3 Å². The van der Waals surface area contributed by atoms with Gasteiger partial charge in [0.1, 0.15) is 5.75 Å². The number of hydrogen-bond acceptors (Lipinski definition) is 2. The van der Waals surface area contributed by atoms with Gasteiger partial charge in [0.25, 0.3) is 0 Å². The maximum atomic E-state index is 14.1. The van der Waals surface area contributed by atoms with Crippen LogP contribution in [0.3, 0.4) is 0 Å². The van der Waals surface area contributed by atoms with E-state index in [-0.39, 0.29) is 19.0 Å². The molecule has 2 nitrogen and oxygen atoms in total. The number of ether oxygens (including phenoxy) is 2. The molecule has 6 heteroatoms.